The number of primary amides is 1. The molecule has 2 saturated carbocycles. The van der Waals surface area contributed by atoms with Crippen molar-refractivity contribution in [2.45, 2.75) is 57.1 Å². The Hall–Kier alpha value is -3.31. The molecule has 1 aromatic heterocycles. The zero-order chi connectivity index (χ0) is 23.4. The van der Waals surface area contributed by atoms with Crippen LogP contribution in [0.25, 0.3) is 0 Å². The zero-order valence-corrected chi connectivity index (χ0v) is 18.9. The molecule has 0 spiro atoms. The lowest BCUT2D eigenvalue weighted by Crippen LogP contribution is -2.46. The minimum absolute atomic E-state index is 0.00470. The molecule has 2 aliphatic carbocycles. The van der Waals surface area contributed by atoms with E-state index in [1.807, 2.05) is 18.2 Å². The number of nitrogens with two attached hydrogens (primary N) is 1. The maximum Gasteiger partial charge on any atom is 0.252 e. The number of nitrogens with one attached hydrogen (secondary N) is 2. The van der Waals surface area contributed by atoms with Gasteiger partial charge in [-0.3, -0.25) is 4.79 Å². The lowest BCUT2D eigenvalue weighted by molar-refractivity contribution is -0.0691. The molecule has 1 aromatic carbocycles. The number of fused-ring (bicyclic) bond motifs is 2. The first-order chi connectivity index (χ1) is 15.8. The van der Waals surface area contributed by atoms with Crippen molar-refractivity contribution in [1.82, 2.24) is 4.98 Å². The van der Waals surface area contributed by atoms with Crippen LogP contribution in [-0.2, 0) is 0 Å². The Morgan fingerprint density at radius 2 is 2.18 bits per heavy atom. The van der Waals surface area contributed by atoms with Gasteiger partial charge in [-0.05, 0) is 68.7 Å². The molecule has 0 aliphatic heterocycles. The fourth-order valence-electron chi connectivity index (χ4n) is 5.33. The highest BCUT2D eigenvalue weighted by molar-refractivity contribution is 5.98. The second-order valence-electron chi connectivity index (χ2n) is 9.40. The van der Waals surface area contributed by atoms with Crippen LogP contribution in [0.4, 0.5) is 17.2 Å². The van der Waals surface area contributed by atoms with Crippen molar-refractivity contribution in [3.63, 3.8) is 0 Å². The van der Waals surface area contributed by atoms with Crippen LogP contribution < -0.4 is 21.1 Å². The van der Waals surface area contributed by atoms with Gasteiger partial charge in [0.1, 0.15) is 17.6 Å². The summed E-state index contributed by atoms with van der Waals surface area (Å²) in [4.78, 5) is 16.4. The number of aromatic nitrogens is 1. The molecule has 2 aromatic rings. The quantitative estimate of drug-likeness (QED) is 0.479. The standard InChI is InChI=1S/C25H31N5O3/c1-16(18-11-17-3-2-8-25(32,13-17)14-18)29-22-12-23(28-15-21(22)24(27)31)30-19-4-6-20(7-5-19)33-10-9-26/h4-7,12,15-18,32H,2-3,8,10-11,13-14H2,1H3,(H2,27,31)(H2,28,29,30)/t16-,17?,18+,25-/m1/s1. The van der Waals surface area contributed by atoms with Crippen molar-refractivity contribution >= 4 is 23.1 Å². The molecule has 33 heavy (non-hydrogen) atoms. The summed E-state index contributed by atoms with van der Waals surface area (Å²) in [6.45, 7) is 2.10. The number of carbonyl (C=O) groups excluding carboxylic acids is 1. The second-order valence-corrected chi connectivity index (χ2v) is 9.40. The minimum Gasteiger partial charge on any atom is -0.479 e. The number of carbonyl (C=O) groups is 1. The number of rotatable bonds is 8. The lowest BCUT2D eigenvalue weighted by Gasteiger charge is -2.47. The molecule has 8 nitrogen and oxygen atoms in total. The monoisotopic (exact) mass is 449 g/mol. The van der Waals surface area contributed by atoms with E-state index in [4.69, 9.17) is 15.7 Å². The predicted molar refractivity (Wildman–Crippen MR) is 126 cm³/mol. The Morgan fingerprint density at radius 3 is 2.88 bits per heavy atom. The summed E-state index contributed by atoms with van der Waals surface area (Å²) in [6, 6.07) is 11.0. The van der Waals surface area contributed by atoms with Crippen LogP contribution >= 0.6 is 0 Å². The lowest BCUT2D eigenvalue weighted by atomic mass is 9.64. The molecule has 2 aliphatic rings. The van der Waals surface area contributed by atoms with Crippen molar-refractivity contribution < 1.29 is 14.6 Å². The summed E-state index contributed by atoms with van der Waals surface area (Å²) in [5, 5.41) is 26.3. The van der Waals surface area contributed by atoms with Gasteiger partial charge in [0.2, 0.25) is 0 Å². The van der Waals surface area contributed by atoms with Crippen LogP contribution in [0.2, 0.25) is 0 Å². The topological polar surface area (TPSA) is 133 Å². The van der Waals surface area contributed by atoms with Crippen LogP contribution in [0.15, 0.2) is 36.5 Å². The number of anilines is 3. The number of ether oxygens (including phenoxy) is 1. The molecular formula is C25H31N5O3. The average Bonchev–Trinajstić information content (AvgIpc) is 2.77. The fraction of sp³-hybridized carbons (Fsp3) is 0.480. The first kappa shape index (κ1) is 22.9. The molecule has 1 unspecified atom stereocenters. The van der Waals surface area contributed by atoms with E-state index in [0.717, 1.165) is 37.8 Å². The van der Waals surface area contributed by atoms with Gasteiger partial charge in [0.25, 0.3) is 5.91 Å². The number of benzene rings is 1. The third kappa shape index (κ3) is 5.55. The molecule has 0 saturated heterocycles. The number of nitriles is 1. The van der Waals surface area contributed by atoms with Gasteiger partial charge >= 0.3 is 0 Å². The molecule has 8 heteroatoms. The molecule has 2 bridgehead atoms. The maximum absolute atomic E-state index is 12.0. The number of aliphatic hydroxyl groups is 1. The smallest absolute Gasteiger partial charge is 0.252 e. The van der Waals surface area contributed by atoms with Gasteiger partial charge in [-0.15, -0.1) is 0 Å². The third-order valence-corrected chi connectivity index (χ3v) is 6.89. The third-order valence-electron chi connectivity index (χ3n) is 6.89. The van der Waals surface area contributed by atoms with Crippen LogP contribution in [0.1, 0.15) is 55.8 Å². The molecule has 174 valence electrons. The molecular weight excluding hydrogens is 418 g/mol. The van der Waals surface area contributed by atoms with Gasteiger partial charge in [-0.1, -0.05) is 12.8 Å². The number of hydrogen-bond donors (Lipinski definition) is 4. The van der Waals surface area contributed by atoms with Crippen molar-refractivity contribution in [3.8, 4) is 11.8 Å². The fourth-order valence-corrected chi connectivity index (χ4v) is 5.33. The van der Waals surface area contributed by atoms with Gasteiger partial charge in [0, 0.05) is 24.0 Å². The first-order valence-corrected chi connectivity index (χ1v) is 11.5. The highest BCUT2D eigenvalue weighted by Gasteiger charge is 2.43. The largest absolute Gasteiger partial charge is 0.479 e. The Morgan fingerprint density at radius 1 is 1.39 bits per heavy atom. The summed E-state index contributed by atoms with van der Waals surface area (Å²) >= 11 is 0. The van der Waals surface area contributed by atoms with Crippen LogP contribution in [0, 0.1) is 23.2 Å². The molecule has 1 heterocycles. The normalized spacial score (nSPS) is 24.9. The zero-order valence-electron chi connectivity index (χ0n) is 18.9. The molecule has 0 radical (unpaired) electrons. The van der Waals surface area contributed by atoms with E-state index in [9.17, 15) is 9.90 Å². The average molecular weight is 450 g/mol. The summed E-state index contributed by atoms with van der Waals surface area (Å²) < 4.78 is 5.27. The van der Waals surface area contributed by atoms with E-state index in [-0.39, 0.29) is 12.6 Å². The number of pyridine rings is 1. The van der Waals surface area contributed by atoms with Gasteiger partial charge in [-0.25, -0.2) is 4.98 Å². The van der Waals surface area contributed by atoms with E-state index < -0.39 is 11.5 Å². The number of amides is 1. The van der Waals surface area contributed by atoms with Crippen LogP contribution in [0.5, 0.6) is 5.75 Å². The maximum atomic E-state index is 12.0. The Labute approximate surface area is 194 Å². The van der Waals surface area contributed by atoms with Gasteiger partial charge in [0.05, 0.1) is 16.9 Å². The van der Waals surface area contributed by atoms with Crippen molar-refractivity contribution in [2.75, 3.05) is 17.2 Å². The van der Waals surface area contributed by atoms with Gasteiger partial charge in [-0.2, -0.15) is 5.26 Å². The molecule has 2 fully saturated rings. The summed E-state index contributed by atoms with van der Waals surface area (Å²) in [5.41, 5.74) is 6.81. The second kappa shape index (κ2) is 9.67. The van der Waals surface area contributed by atoms with Crippen molar-refractivity contribution in [1.29, 1.82) is 5.26 Å². The molecule has 1 amide bonds. The van der Waals surface area contributed by atoms with Gasteiger partial charge < -0.3 is 26.2 Å². The van der Waals surface area contributed by atoms with Gasteiger partial charge in [0.15, 0.2) is 6.61 Å². The molecule has 4 rings (SSSR count). The van der Waals surface area contributed by atoms with Crippen molar-refractivity contribution in [3.05, 3.63) is 42.1 Å². The number of hydrogen-bond acceptors (Lipinski definition) is 7. The minimum atomic E-state index is -0.553. The van der Waals surface area contributed by atoms with Crippen molar-refractivity contribution in [2.24, 2.45) is 17.6 Å². The summed E-state index contributed by atoms with van der Waals surface area (Å²) in [6.07, 6.45) is 7.41. The Bertz CT molecular complexity index is 1040. The van der Waals surface area contributed by atoms with E-state index in [0.29, 0.717) is 34.7 Å². The first-order valence-electron chi connectivity index (χ1n) is 11.5. The van der Waals surface area contributed by atoms with E-state index in [2.05, 4.69) is 22.5 Å². The molecule has 4 atom stereocenters. The van der Waals surface area contributed by atoms with E-state index >= 15 is 0 Å². The highest BCUT2D eigenvalue weighted by atomic mass is 16.5. The Kier molecular flexibility index (Phi) is 6.70. The van der Waals surface area contributed by atoms with E-state index in [1.54, 1.807) is 18.2 Å². The number of nitrogens with zero attached hydrogens (tertiary/aromatic N) is 2. The van der Waals surface area contributed by atoms with Crippen LogP contribution in [-0.4, -0.2) is 34.2 Å². The van der Waals surface area contributed by atoms with E-state index in [1.165, 1.54) is 12.6 Å². The SMILES string of the molecule is C[C@@H](Nc1cc(Nc2ccc(OCC#N)cc2)ncc1C(N)=O)[C@H]1CC2CCC[C@@](O)(C2)C1. The highest BCUT2D eigenvalue weighted by Crippen LogP contribution is 2.46. The summed E-state index contributed by atoms with van der Waals surface area (Å²) in [7, 11) is 0. The van der Waals surface area contributed by atoms with Crippen LogP contribution in [0.3, 0.4) is 0 Å². The Balaban J connectivity index is 1.48. The summed E-state index contributed by atoms with van der Waals surface area (Å²) in [5.74, 6) is 1.52. The predicted octanol–water partition coefficient (Wildman–Crippen LogP) is 3.96. The molecule has 5 N–H and O–H groups in total.